The van der Waals surface area contributed by atoms with E-state index in [4.69, 9.17) is 5.11 Å². The maximum absolute atomic E-state index is 12.6. The van der Waals surface area contributed by atoms with E-state index in [2.05, 4.69) is 5.32 Å². The number of carboxylic acids is 1. The number of amides is 2. The molecule has 1 aromatic rings. The number of carbonyl (C=O) groups excluding carboxylic acids is 1. The van der Waals surface area contributed by atoms with Gasteiger partial charge in [-0.3, -0.25) is 4.79 Å². The lowest BCUT2D eigenvalue weighted by Gasteiger charge is -2.15. The third-order valence-electron chi connectivity index (χ3n) is 1.81. The van der Waals surface area contributed by atoms with Crippen molar-refractivity contribution in [1.82, 2.24) is 4.90 Å². The normalized spacial score (nSPS) is 9.62. The van der Waals surface area contributed by atoms with Crippen LogP contribution in [0.4, 0.5) is 14.9 Å². The second-order valence-electron chi connectivity index (χ2n) is 3.19. The molecule has 0 unspecified atom stereocenters. The maximum atomic E-state index is 12.6. The number of benzene rings is 1. The van der Waals surface area contributed by atoms with Gasteiger partial charge >= 0.3 is 12.0 Å². The van der Waals surface area contributed by atoms with E-state index in [-0.39, 0.29) is 0 Å². The van der Waals surface area contributed by atoms with Crippen LogP contribution in [0.5, 0.6) is 0 Å². The van der Waals surface area contributed by atoms with Crippen molar-refractivity contribution in [1.29, 1.82) is 0 Å². The molecule has 1 rings (SSSR count). The largest absolute Gasteiger partial charge is 0.480 e. The van der Waals surface area contributed by atoms with Gasteiger partial charge in [-0.1, -0.05) is 0 Å². The van der Waals surface area contributed by atoms with Gasteiger partial charge in [0.2, 0.25) is 0 Å². The molecule has 86 valence electrons. The summed E-state index contributed by atoms with van der Waals surface area (Å²) in [4.78, 5) is 22.7. The number of carbonyl (C=O) groups is 2. The second-order valence-corrected chi connectivity index (χ2v) is 3.19. The molecule has 2 N–H and O–H groups in total. The first-order valence-corrected chi connectivity index (χ1v) is 4.48. The van der Waals surface area contributed by atoms with Crippen LogP contribution in [-0.4, -0.2) is 35.6 Å². The first-order chi connectivity index (χ1) is 7.49. The van der Waals surface area contributed by atoms with Crippen molar-refractivity contribution in [3.05, 3.63) is 30.1 Å². The van der Waals surface area contributed by atoms with Crippen LogP contribution in [0.2, 0.25) is 0 Å². The summed E-state index contributed by atoms with van der Waals surface area (Å²) in [6.07, 6.45) is 0. The number of halogens is 1. The molecule has 0 heterocycles. The minimum absolute atomic E-state index is 0.396. The minimum Gasteiger partial charge on any atom is -0.480 e. The standard InChI is InChI=1S/C10H11FN2O3/c1-13(6-9(14)15)10(16)12-8-4-2-7(11)3-5-8/h2-5H,6H2,1H3,(H,12,16)(H,14,15). The van der Waals surface area contributed by atoms with E-state index in [0.29, 0.717) is 5.69 Å². The number of hydrogen-bond donors (Lipinski definition) is 2. The Labute approximate surface area is 91.5 Å². The highest BCUT2D eigenvalue weighted by Gasteiger charge is 2.11. The lowest BCUT2D eigenvalue weighted by atomic mass is 10.3. The molecule has 16 heavy (non-hydrogen) atoms. The fourth-order valence-electron chi connectivity index (χ4n) is 1.03. The highest BCUT2D eigenvalue weighted by Crippen LogP contribution is 2.08. The van der Waals surface area contributed by atoms with Crippen molar-refractivity contribution in [2.75, 3.05) is 18.9 Å². The van der Waals surface area contributed by atoms with Crippen LogP contribution >= 0.6 is 0 Å². The number of urea groups is 1. The van der Waals surface area contributed by atoms with Gasteiger partial charge in [-0.25, -0.2) is 9.18 Å². The Bertz CT molecular complexity index is 392. The predicted molar refractivity (Wildman–Crippen MR) is 55.7 cm³/mol. The lowest BCUT2D eigenvalue weighted by Crippen LogP contribution is -2.35. The smallest absolute Gasteiger partial charge is 0.323 e. The van der Waals surface area contributed by atoms with Crippen molar-refractivity contribution >= 4 is 17.7 Å². The molecule has 0 aromatic heterocycles. The molecule has 0 spiro atoms. The fourth-order valence-corrected chi connectivity index (χ4v) is 1.03. The van der Waals surface area contributed by atoms with Crippen LogP contribution in [0.3, 0.4) is 0 Å². The number of hydrogen-bond acceptors (Lipinski definition) is 2. The summed E-state index contributed by atoms with van der Waals surface area (Å²) >= 11 is 0. The van der Waals surface area contributed by atoms with Crippen LogP contribution in [0, 0.1) is 5.82 Å². The van der Waals surface area contributed by atoms with Crippen LogP contribution in [-0.2, 0) is 4.79 Å². The third kappa shape index (κ3) is 3.56. The zero-order valence-corrected chi connectivity index (χ0v) is 8.61. The van der Waals surface area contributed by atoms with Crippen LogP contribution in [0.1, 0.15) is 0 Å². The average Bonchev–Trinajstić information content (AvgIpc) is 2.20. The maximum Gasteiger partial charge on any atom is 0.323 e. The van der Waals surface area contributed by atoms with Gasteiger partial charge in [-0.15, -0.1) is 0 Å². The summed E-state index contributed by atoms with van der Waals surface area (Å²) in [6, 6.07) is 4.62. The molecular weight excluding hydrogens is 215 g/mol. The van der Waals surface area contributed by atoms with Crippen molar-refractivity contribution in [3.63, 3.8) is 0 Å². The number of rotatable bonds is 3. The monoisotopic (exact) mass is 226 g/mol. The van der Waals surface area contributed by atoms with Crippen molar-refractivity contribution in [3.8, 4) is 0 Å². The Morgan fingerprint density at radius 1 is 1.38 bits per heavy atom. The topological polar surface area (TPSA) is 69.6 Å². The summed E-state index contributed by atoms with van der Waals surface area (Å²) in [5, 5.41) is 10.9. The first kappa shape index (κ1) is 12.0. The Kier molecular flexibility index (Phi) is 3.82. The Balaban J connectivity index is 2.57. The molecule has 0 bridgehead atoms. The van der Waals surface area contributed by atoms with Gasteiger partial charge in [-0.2, -0.15) is 0 Å². The van der Waals surface area contributed by atoms with Gasteiger partial charge in [0.05, 0.1) is 0 Å². The van der Waals surface area contributed by atoms with E-state index in [1.54, 1.807) is 0 Å². The van der Waals surface area contributed by atoms with E-state index in [9.17, 15) is 14.0 Å². The van der Waals surface area contributed by atoms with Crippen LogP contribution in [0.25, 0.3) is 0 Å². The van der Waals surface area contributed by atoms with Crippen molar-refractivity contribution < 1.29 is 19.1 Å². The first-order valence-electron chi connectivity index (χ1n) is 4.48. The molecule has 0 radical (unpaired) electrons. The molecule has 6 heteroatoms. The number of aliphatic carboxylic acids is 1. The number of carboxylic acid groups (broad SMARTS) is 1. The van der Waals surface area contributed by atoms with E-state index in [1.165, 1.54) is 31.3 Å². The summed E-state index contributed by atoms with van der Waals surface area (Å²) in [5.74, 6) is -1.51. The van der Waals surface area contributed by atoms with Crippen LogP contribution in [0.15, 0.2) is 24.3 Å². The number of nitrogens with one attached hydrogen (secondary N) is 1. The molecule has 5 nitrogen and oxygen atoms in total. The van der Waals surface area contributed by atoms with Gasteiger partial charge in [0.15, 0.2) is 0 Å². The molecule has 0 aliphatic heterocycles. The Morgan fingerprint density at radius 3 is 2.44 bits per heavy atom. The molecule has 0 aliphatic carbocycles. The molecule has 0 atom stereocenters. The average molecular weight is 226 g/mol. The number of likely N-dealkylation sites (N-methyl/N-ethyl adjacent to an activating group) is 1. The minimum atomic E-state index is -1.10. The summed E-state index contributed by atoms with van der Waals surface area (Å²) < 4.78 is 12.6. The third-order valence-corrected chi connectivity index (χ3v) is 1.81. The van der Waals surface area contributed by atoms with Gasteiger partial charge < -0.3 is 15.3 Å². The highest BCUT2D eigenvalue weighted by molar-refractivity contribution is 5.91. The van der Waals surface area contributed by atoms with E-state index in [0.717, 1.165) is 4.90 Å². The molecule has 0 saturated carbocycles. The van der Waals surface area contributed by atoms with Crippen molar-refractivity contribution in [2.45, 2.75) is 0 Å². The summed E-state index contributed by atoms with van der Waals surface area (Å²) in [5.41, 5.74) is 0.406. The van der Waals surface area contributed by atoms with Crippen LogP contribution < -0.4 is 5.32 Å². The van der Waals surface area contributed by atoms with E-state index in [1.807, 2.05) is 0 Å². The second kappa shape index (κ2) is 5.11. The SMILES string of the molecule is CN(CC(=O)O)C(=O)Nc1ccc(F)cc1. The molecule has 2 amide bonds. The zero-order chi connectivity index (χ0) is 12.1. The molecule has 1 aromatic carbocycles. The summed E-state index contributed by atoms with van der Waals surface area (Å²) in [6.45, 7) is -0.396. The van der Waals surface area contributed by atoms with Gasteiger partial charge in [0.1, 0.15) is 12.4 Å². The molecule has 0 aliphatic rings. The molecule has 0 saturated heterocycles. The van der Waals surface area contributed by atoms with Gasteiger partial charge in [0, 0.05) is 12.7 Å². The Hall–Kier alpha value is -2.11. The fraction of sp³-hybridized carbons (Fsp3) is 0.200. The number of anilines is 1. The lowest BCUT2D eigenvalue weighted by molar-refractivity contribution is -0.137. The highest BCUT2D eigenvalue weighted by atomic mass is 19.1. The molecular formula is C10H11FN2O3. The summed E-state index contributed by atoms with van der Waals surface area (Å²) in [7, 11) is 1.35. The predicted octanol–water partition coefficient (Wildman–Crippen LogP) is 1.37. The Morgan fingerprint density at radius 2 is 1.94 bits per heavy atom. The molecule has 0 fully saturated rings. The number of nitrogens with zero attached hydrogens (tertiary/aromatic N) is 1. The van der Waals surface area contributed by atoms with Gasteiger partial charge in [-0.05, 0) is 24.3 Å². The van der Waals surface area contributed by atoms with Crippen molar-refractivity contribution in [2.24, 2.45) is 0 Å². The zero-order valence-electron chi connectivity index (χ0n) is 8.61. The van der Waals surface area contributed by atoms with E-state index >= 15 is 0 Å². The quantitative estimate of drug-likeness (QED) is 0.817. The van der Waals surface area contributed by atoms with Gasteiger partial charge in [0.25, 0.3) is 0 Å². The van der Waals surface area contributed by atoms with E-state index < -0.39 is 24.4 Å².